The van der Waals surface area contributed by atoms with Crippen LogP contribution in [0.4, 0.5) is 17.2 Å². The molecule has 1 aliphatic heterocycles. The molecule has 0 bridgehead atoms. The van der Waals surface area contributed by atoms with Crippen LogP contribution >= 0.6 is 0 Å². The van der Waals surface area contributed by atoms with Crippen molar-refractivity contribution in [3.8, 4) is 0 Å². The number of benzene rings is 1. The van der Waals surface area contributed by atoms with Crippen LogP contribution in [0.2, 0.25) is 0 Å². The molecule has 2 N–H and O–H groups in total. The van der Waals surface area contributed by atoms with Crippen LogP contribution in [-0.2, 0) is 6.54 Å². The minimum atomic E-state index is -0.276. The normalized spacial score (nSPS) is 13.7. The monoisotopic (exact) mass is 388 g/mol. The molecule has 0 aliphatic carbocycles. The molecule has 3 heterocycles. The summed E-state index contributed by atoms with van der Waals surface area (Å²) in [5, 5.41) is 6.04. The zero-order valence-electron chi connectivity index (χ0n) is 16.2. The van der Waals surface area contributed by atoms with Crippen LogP contribution in [0.15, 0.2) is 61.2 Å². The lowest BCUT2D eigenvalue weighted by Gasteiger charge is -2.28. The lowest BCUT2D eigenvalue weighted by molar-refractivity contribution is 0.102. The molecular formula is C22H24N6O. The van der Waals surface area contributed by atoms with Crippen molar-refractivity contribution in [2.75, 3.05) is 28.6 Å². The Hall–Kier alpha value is -3.48. The Morgan fingerprint density at radius 3 is 2.48 bits per heavy atom. The van der Waals surface area contributed by atoms with E-state index in [1.54, 1.807) is 18.6 Å². The lowest BCUT2D eigenvalue weighted by Crippen LogP contribution is -2.29. The summed E-state index contributed by atoms with van der Waals surface area (Å²) in [5.41, 5.74) is 3.27. The molecule has 0 radical (unpaired) electrons. The molecule has 148 valence electrons. The maximum Gasteiger partial charge on any atom is 0.275 e. The van der Waals surface area contributed by atoms with E-state index >= 15 is 0 Å². The minimum absolute atomic E-state index is 0.275. The molecular weight excluding hydrogens is 364 g/mol. The predicted molar refractivity (Wildman–Crippen MR) is 114 cm³/mol. The number of hydrogen-bond donors (Lipinski definition) is 2. The van der Waals surface area contributed by atoms with Crippen molar-refractivity contribution in [2.24, 2.45) is 0 Å². The zero-order chi connectivity index (χ0) is 19.9. The molecule has 1 aliphatic rings. The van der Waals surface area contributed by atoms with Gasteiger partial charge in [-0.2, -0.15) is 0 Å². The van der Waals surface area contributed by atoms with E-state index in [0.717, 1.165) is 24.3 Å². The third-order valence-electron chi connectivity index (χ3n) is 4.93. The quantitative estimate of drug-likeness (QED) is 0.670. The molecule has 1 amide bonds. The average molecular weight is 388 g/mol. The number of rotatable bonds is 6. The van der Waals surface area contributed by atoms with Gasteiger partial charge in [-0.3, -0.25) is 9.78 Å². The number of hydrogen-bond acceptors (Lipinski definition) is 6. The maximum absolute atomic E-state index is 12.4. The first kappa shape index (κ1) is 18.9. The topological polar surface area (TPSA) is 83.0 Å². The second-order valence-electron chi connectivity index (χ2n) is 7.05. The molecule has 0 spiro atoms. The van der Waals surface area contributed by atoms with Crippen LogP contribution < -0.4 is 15.5 Å². The Bertz CT molecular complexity index is 922. The summed E-state index contributed by atoms with van der Waals surface area (Å²) < 4.78 is 0. The Morgan fingerprint density at radius 1 is 0.966 bits per heavy atom. The van der Waals surface area contributed by atoms with E-state index in [9.17, 15) is 4.79 Å². The van der Waals surface area contributed by atoms with Crippen LogP contribution in [0.25, 0.3) is 0 Å². The van der Waals surface area contributed by atoms with E-state index in [2.05, 4.69) is 42.6 Å². The zero-order valence-corrected chi connectivity index (χ0v) is 16.2. The van der Waals surface area contributed by atoms with Crippen molar-refractivity contribution in [3.63, 3.8) is 0 Å². The van der Waals surface area contributed by atoms with E-state index in [1.165, 1.54) is 31.1 Å². The van der Waals surface area contributed by atoms with Crippen molar-refractivity contribution in [1.82, 2.24) is 15.0 Å². The fourth-order valence-electron chi connectivity index (χ4n) is 3.33. The van der Waals surface area contributed by atoms with E-state index in [0.29, 0.717) is 12.4 Å². The largest absolute Gasteiger partial charge is 0.372 e. The van der Waals surface area contributed by atoms with Crippen LogP contribution in [0.1, 0.15) is 35.3 Å². The third kappa shape index (κ3) is 5.07. The number of carbonyl (C=O) groups is 1. The predicted octanol–water partition coefficient (Wildman–Crippen LogP) is 3.73. The van der Waals surface area contributed by atoms with Gasteiger partial charge in [-0.1, -0.05) is 6.07 Å². The van der Waals surface area contributed by atoms with Gasteiger partial charge in [-0.15, -0.1) is 0 Å². The summed E-state index contributed by atoms with van der Waals surface area (Å²) in [6, 6.07) is 11.8. The first-order valence-electron chi connectivity index (χ1n) is 9.89. The lowest BCUT2D eigenvalue weighted by atomic mass is 10.1. The Balaban J connectivity index is 1.32. The van der Waals surface area contributed by atoms with Gasteiger partial charge in [0.25, 0.3) is 5.91 Å². The van der Waals surface area contributed by atoms with E-state index in [4.69, 9.17) is 0 Å². The molecule has 4 rings (SSSR count). The van der Waals surface area contributed by atoms with Gasteiger partial charge in [-0.25, -0.2) is 9.97 Å². The van der Waals surface area contributed by atoms with Gasteiger partial charge in [0.05, 0.1) is 12.4 Å². The molecule has 7 heteroatoms. The van der Waals surface area contributed by atoms with Crippen molar-refractivity contribution in [1.29, 1.82) is 0 Å². The highest BCUT2D eigenvalue weighted by Crippen LogP contribution is 2.22. The smallest absolute Gasteiger partial charge is 0.275 e. The molecule has 0 unspecified atom stereocenters. The highest BCUT2D eigenvalue weighted by Gasteiger charge is 2.12. The minimum Gasteiger partial charge on any atom is -0.372 e. The number of pyridine rings is 1. The Labute approximate surface area is 170 Å². The van der Waals surface area contributed by atoms with Crippen molar-refractivity contribution >= 4 is 23.1 Å². The second-order valence-corrected chi connectivity index (χ2v) is 7.05. The average Bonchev–Trinajstić information content (AvgIpc) is 2.80. The van der Waals surface area contributed by atoms with Gasteiger partial charge in [0.1, 0.15) is 11.5 Å². The first-order chi connectivity index (χ1) is 14.3. The van der Waals surface area contributed by atoms with Gasteiger partial charge in [-0.05, 0) is 55.2 Å². The van der Waals surface area contributed by atoms with E-state index in [-0.39, 0.29) is 11.6 Å². The second kappa shape index (κ2) is 9.14. The number of carbonyl (C=O) groups excluding carboxylic acids is 1. The highest BCUT2D eigenvalue weighted by atomic mass is 16.1. The number of nitrogens with one attached hydrogen (secondary N) is 2. The molecule has 29 heavy (non-hydrogen) atoms. The molecule has 7 nitrogen and oxygen atoms in total. The number of amides is 1. The van der Waals surface area contributed by atoms with Crippen LogP contribution in [-0.4, -0.2) is 33.9 Å². The van der Waals surface area contributed by atoms with Gasteiger partial charge in [0, 0.05) is 43.4 Å². The standard InChI is InChI=1S/C22H24N6O/c29-22(27-18-6-8-19(9-7-18)28-11-2-1-3-12-28)20-15-26-21(16-24-20)25-14-17-5-4-10-23-13-17/h4-10,13,15-16H,1-3,11-12,14H2,(H,25,26)(H,27,29). The number of piperidine rings is 1. The Morgan fingerprint density at radius 2 is 1.79 bits per heavy atom. The van der Waals surface area contributed by atoms with Crippen LogP contribution in [0, 0.1) is 0 Å². The van der Waals surface area contributed by atoms with E-state index < -0.39 is 0 Å². The molecule has 0 saturated carbocycles. The van der Waals surface area contributed by atoms with Crippen molar-refractivity contribution in [2.45, 2.75) is 25.8 Å². The fraction of sp³-hybridized carbons (Fsp3) is 0.273. The summed E-state index contributed by atoms with van der Waals surface area (Å²) in [6.45, 7) is 2.79. The first-order valence-corrected chi connectivity index (χ1v) is 9.89. The van der Waals surface area contributed by atoms with Gasteiger partial charge < -0.3 is 15.5 Å². The summed E-state index contributed by atoms with van der Waals surface area (Å²) in [4.78, 5) is 27.4. The van der Waals surface area contributed by atoms with E-state index in [1.807, 2.05) is 24.3 Å². The van der Waals surface area contributed by atoms with Gasteiger partial charge in [0.2, 0.25) is 0 Å². The summed E-state index contributed by atoms with van der Waals surface area (Å²) in [6.07, 6.45) is 10.3. The maximum atomic E-state index is 12.4. The fourth-order valence-corrected chi connectivity index (χ4v) is 3.33. The van der Waals surface area contributed by atoms with Crippen molar-refractivity contribution < 1.29 is 4.79 Å². The number of anilines is 3. The summed E-state index contributed by atoms with van der Waals surface area (Å²) >= 11 is 0. The molecule has 3 aromatic rings. The van der Waals surface area contributed by atoms with Crippen molar-refractivity contribution in [3.05, 3.63) is 72.4 Å². The molecule has 1 saturated heterocycles. The number of aromatic nitrogens is 3. The molecule has 2 aromatic heterocycles. The highest BCUT2D eigenvalue weighted by molar-refractivity contribution is 6.02. The summed E-state index contributed by atoms with van der Waals surface area (Å²) in [5.74, 6) is 0.332. The third-order valence-corrected chi connectivity index (χ3v) is 4.93. The molecule has 1 aromatic carbocycles. The van der Waals surface area contributed by atoms with Gasteiger partial charge in [0.15, 0.2) is 0 Å². The Kier molecular flexibility index (Phi) is 5.95. The molecule has 1 fully saturated rings. The van der Waals surface area contributed by atoms with Gasteiger partial charge >= 0.3 is 0 Å². The summed E-state index contributed by atoms with van der Waals surface area (Å²) in [7, 11) is 0. The molecule has 0 atom stereocenters. The number of nitrogens with zero attached hydrogens (tertiary/aromatic N) is 4. The SMILES string of the molecule is O=C(Nc1ccc(N2CCCCC2)cc1)c1cnc(NCc2cccnc2)cn1. The van der Waals surface area contributed by atoms with Crippen LogP contribution in [0.5, 0.6) is 0 Å². The van der Waals surface area contributed by atoms with Crippen LogP contribution in [0.3, 0.4) is 0 Å².